The summed E-state index contributed by atoms with van der Waals surface area (Å²) < 4.78 is 54.8. The van der Waals surface area contributed by atoms with Gasteiger partial charge in [-0.2, -0.15) is 0 Å². The first-order valence-electron chi connectivity index (χ1n) is 4.46. The minimum Gasteiger partial charge on any atom is -0.488 e. The number of benzene rings is 1. The molecule has 0 saturated carbocycles. The van der Waals surface area contributed by atoms with Crippen molar-refractivity contribution in [1.82, 2.24) is 0 Å². The van der Waals surface area contributed by atoms with Crippen molar-refractivity contribution in [2.75, 3.05) is 0 Å². The molecule has 0 saturated heterocycles. The Morgan fingerprint density at radius 1 is 1.19 bits per heavy atom. The topological polar surface area (TPSA) is 9.23 Å². The van der Waals surface area contributed by atoms with Gasteiger partial charge >= 0.3 is 58.4 Å². The summed E-state index contributed by atoms with van der Waals surface area (Å²) in [4.78, 5) is 0. The van der Waals surface area contributed by atoms with E-state index in [4.69, 9.17) is 4.74 Å². The summed E-state index contributed by atoms with van der Waals surface area (Å²) in [6, 6.07) is 2.28. The fraction of sp³-hybridized carbons (Fsp3) is 0.333. The molecule has 0 unspecified atom stereocenters. The van der Waals surface area contributed by atoms with Crippen LogP contribution in [0.1, 0.15) is 13.8 Å². The molecular weight excluding hydrogens is 250 g/mol. The summed E-state index contributed by atoms with van der Waals surface area (Å²) in [6.45, 7) is -1.82. The van der Waals surface area contributed by atoms with E-state index >= 15 is 0 Å². The molecule has 0 radical (unpaired) electrons. The second-order valence-electron chi connectivity index (χ2n) is 3.43. The van der Waals surface area contributed by atoms with Crippen molar-refractivity contribution in [3.8, 4) is 5.75 Å². The summed E-state index contributed by atoms with van der Waals surface area (Å²) in [5.74, 6) is -1.14. The summed E-state index contributed by atoms with van der Waals surface area (Å²) in [6.07, 6.45) is -0.276. The molecule has 7 heteroatoms. The van der Waals surface area contributed by atoms with Crippen LogP contribution in [0.5, 0.6) is 5.75 Å². The fourth-order valence-corrected chi connectivity index (χ4v) is 1.07. The Bertz CT molecular complexity index is 354. The maximum Gasteiger partial charge on any atom is 1.00 e. The molecule has 1 aromatic rings. The molecule has 0 spiro atoms. The zero-order valence-corrected chi connectivity index (χ0v) is 12.4. The second-order valence-corrected chi connectivity index (χ2v) is 3.43. The van der Waals surface area contributed by atoms with E-state index in [2.05, 4.69) is 0 Å². The maximum absolute atomic E-state index is 13.1. The van der Waals surface area contributed by atoms with E-state index in [1.807, 2.05) is 0 Å². The Labute approximate surface area is 134 Å². The maximum atomic E-state index is 13.1. The van der Waals surface area contributed by atoms with Gasteiger partial charge in [0.15, 0.2) is 11.6 Å². The van der Waals surface area contributed by atoms with Crippen LogP contribution in [0, 0.1) is 5.82 Å². The first kappa shape index (κ1) is 16.4. The predicted octanol–water partition coefficient (Wildman–Crippen LogP) is -0.329. The van der Waals surface area contributed by atoms with Crippen molar-refractivity contribution < 1.29 is 73.5 Å². The summed E-state index contributed by atoms with van der Waals surface area (Å²) in [5, 5.41) is 0. The van der Waals surface area contributed by atoms with Crippen LogP contribution in [0.2, 0.25) is 0 Å². The van der Waals surface area contributed by atoms with Crippen LogP contribution in [0.4, 0.5) is 17.3 Å². The van der Waals surface area contributed by atoms with E-state index in [1.54, 1.807) is 13.8 Å². The van der Waals surface area contributed by atoms with Crippen molar-refractivity contribution >= 4 is 12.4 Å². The van der Waals surface area contributed by atoms with E-state index in [9.17, 15) is 17.3 Å². The zero-order chi connectivity index (χ0) is 11.6. The Hall–Kier alpha value is 0.441. The molecule has 0 aliphatic carbocycles. The SMILES string of the molecule is CC(C)Oc1ccc([B-](F)(F)F)cc1F.[K+]. The Kier molecular flexibility index (Phi) is 6.57. The van der Waals surface area contributed by atoms with Crippen molar-refractivity contribution in [2.24, 2.45) is 0 Å². The van der Waals surface area contributed by atoms with Gasteiger partial charge in [0.05, 0.1) is 6.10 Å². The minimum absolute atomic E-state index is 0. The average molecular weight is 260 g/mol. The number of ether oxygens (including phenoxy) is 1. The molecule has 16 heavy (non-hydrogen) atoms. The number of rotatable bonds is 3. The molecule has 0 fully saturated rings. The third-order valence-corrected chi connectivity index (χ3v) is 1.70. The van der Waals surface area contributed by atoms with Gasteiger partial charge in [-0.3, -0.25) is 0 Å². The number of halogens is 4. The van der Waals surface area contributed by atoms with E-state index in [0.717, 1.165) is 12.1 Å². The first-order valence-corrected chi connectivity index (χ1v) is 4.46. The van der Waals surface area contributed by atoms with Crippen LogP contribution in [0.15, 0.2) is 18.2 Å². The van der Waals surface area contributed by atoms with E-state index in [-0.39, 0.29) is 63.2 Å². The molecule has 0 bridgehead atoms. The van der Waals surface area contributed by atoms with Gasteiger partial charge in [-0.25, -0.2) is 4.39 Å². The largest absolute Gasteiger partial charge is 1.00 e. The Morgan fingerprint density at radius 3 is 2.12 bits per heavy atom. The zero-order valence-electron chi connectivity index (χ0n) is 9.31. The van der Waals surface area contributed by atoms with Gasteiger partial charge in [-0.05, 0) is 26.0 Å². The van der Waals surface area contributed by atoms with Gasteiger partial charge in [0.1, 0.15) is 0 Å². The van der Waals surface area contributed by atoms with Gasteiger partial charge < -0.3 is 17.7 Å². The molecule has 1 aromatic carbocycles. The molecule has 1 rings (SSSR count). The van der Waals surface area contributed by atoms with E-state index in [0.29, 0.717) is 6.07 Å². The first-order chi connectivity index (χ1) is 6.80. The Balaban J connectivity index is 0.00000225. The van der Waals surface area contributed by atoms with Gasteiger partial charge in [0, 0.05) is 0 Å². The Morgan fingerprint density at radius 2 is 1.75 bits per heavy atom. The minimum atomic E-state index is -5.16. The molecule has 0 aliphatic heterocycles. The van der Waals surface area contributed by atoms with Gasteiger partial charge in [-0.1, -0.05) is 6.07 Å². The van der Waals surface area contributed by atoms with Gasteiger partial charge in [0.2, 0.25) is 0 Å². The molecule has 0 atom stereocenters. The number of hydrogen-bond acceptors (Lipinski definition) is 1. The predicted molar refractivity (Wildman–Crippen MR) is 50.9 cm³/mol. The molecule has 1 nitrogen and oxygen atoms in total. The van der Waals surface area contributed by atoms with Crippen molar-refractivity contribution in [3.63, 3.8) is 0 Å². The number of hydrogen-bond donors (Lipinski definition) is 0. The van der Waals surface area contributed by atoms with Crippen molar-refractivity contribution in [1.29, 1.82) is 0 Å². The monoisotopic (exact) mass is 260 g/mol. The molecular formula is C9H10BF4KO. The van der Waals surface area contributed by atoms with Gasteiger partial charge in [0.25, 0.3) is 0 Å². The summed E-state index contributed by atoms with van der Waals surface area (Å²) in [5.41, 5.74) is -0.955. The van der Waals surface area contributed by atoms with Crippen molar-refractivity contribution in [3.05, 3.63) is 24.0 Å². The molecule has 0 heterocycles. The molecule has 0 aromatic heterocycles. The molecule has 0 aliphatic rings. The third kappa shape index (κ3) is 4.75. The normalized spacial score (nSPS) is 11.2. The van der Waals surface area contributed by atoms with Crippen LogP contribution >= 0.6 is 0 Å². The smallest absolute Gasteiger partial charge is 0.488 e. The summed E-state index contributed by atoms with van der Waals surface area (Å²) in [7, 11) is 0. The quantitative estimate of drug-likeness (QED) is 0.534. The molecule has 0 N–H and O–H groups in total. The van der Waals surface area contributed by atoms with Crippen LogP contribution < -0.4 is 61.6 Å². The molecule has 0 amide bonds. The van der Waals surface area contributed by atoms with Gasteiger partial charge in [-0.15, -0.1) is 5.46 Å². The average Bonchev–Trinajstić information content (AvgIpc) is 2.05. The van der Waals surface area contributed by atoms with Crippen molar-refractivity contribution in [2.45, 2.75) is 20.0 Å². The second kappa shape index (κ2) is 6.39. The van der Waals surface area contributed by atoms with Crippen LogP contribution in [-0.4, -0.2) is 13.1 Å². The standard InChI is InChI=1S/C9H10BF4O.K/c1-6(2)15-9-4-3-7(5-8(9)11)10(12,13)14;/h3-6H,1-2H3;/q-1;+1. The van der Waals surface area contributed by atoms with E-state index in [1.165, 1.54) is 0 Å². The van der Waals surface area contributed by atoms with Crippen LogP contribution in [0.3, 0.4) is 0 Å². The fourth-order valence-electron chi connectivity index (χ4n) is 1.07. The van der Waals surface area contributed by atoms with Crippen LogP contribution in [-0.2, 0) is 0 Å². The van der Waals surface area contributed by atoms with E-state index < -0.39 is 18.3 Å². The molecule has 84 valence electrons. The third-order valence-electron chi connectivity index (χ3n) is 1.70. The summed E-state index contributed by atoms with van der Waals surface area (Å²) >= 11 is 0. The van der Waals surface area contributed by atoms with Crippen LogP contribution in [0.25, 0.3) is 0 Å².